The Morgan fingerprint density at radius 1 is 1.70 bits per heavy atom. The molecule has 0 aliphatic carbocycles. The van der Waals surface area contributed by atoms with E-state index in [2.05, 4.69) is 9.05 Å². The van der Waals surface area contributed by atoms with Crippen LogP contribution in [0.15, 0.2) is 22.8 Å². The molecule has 5 heteroatoms. The van der Waals surface area contributed by atoms with Crippen molar-refractivity contribution in [3.05, 3.63) is 18.4 Å². The molecule has 1 unspecified atom stereocenters. The van der Waals surface area contributed by atoms with Gasteiger partial charge in [0.15, 0.2) is 0 Å². The van der Waals surface area contributed by atoms with E-state index in [1.165, 1.54) is 13.4 Å². The van der Waals surface area contributed by atoms with Crippen LogP contribution in [0.3, 0.4) is 0 Å². The second-order valence-electron chi connectivity index (χ2n) is 1.49. The monoisotopic (exact) mass is 162 g/mol. The zero-order chi connectivity index (χ0) is 7.40. The molecular formula is C5H7O4P. The Balaban J connectivity index is 2.48. The molecule has 0 aliphatic rings. The van der Waals surface area contributed by atoms with Crippen LogP contribution in [0, 0.1) is 0 Å². The number of furan rings is 1. The molecule has 0 aliphatic heterocycles. The summed E-state index contributed by atoms with van der Waals surface area (Å²) < 4.78 is 24.3. The van der Waals surface area contributed by atoms with Crippen LogP contribution in [0.5, 0.6) is 5.95 Å². The summed E-state index contributed by atoms with van der Waals surface area (Å²) in [5.74, 6) is 0.214. The second-order valence-corrected chi connectivity index (χ2v) is 2.60. The molecule has 0 spiro atoms. The minimum absolute atomic E-state index is 0.214. The van der Waals surface area contributed by atoms with Gasteiger partial charge in [0.1, 0.15) is 0 Å². The predicted molar refractivity (Wildman–Crippen MR) is 35.3 cm³/mol. The fourth-order valence-electron chi connectivity index (χ4n) is 0.445. The van der Waals surface area contributed by atoms with E-state index in [1.54, 1.807) is 12.1 Å². The predicted octanol–water partition coefficient (Wildman–Crippen LogP) is 1.69. The van der Waals surface area contributed by atoms with Crippen molar-refractivity contribution in [2.45, 2.75) is 0 Å². The quantitative estimate of drug-likeness (QED) is 0.634. The first-order valence-electron chi connectivity index (χ1n) is 2.62. The fourth-order valence-corrected chi connectivity index (χ4v) is 0.809. The van der Waals surface area contributed by atoms with Gasteiger partial charge in [-0.05, 0) is 6.07 Å². The third-order valence-electron chi connectivity index (χ3n) is 0.846. The van der Waals surface area contributed by atoms with Gasteiger partial charge in [-0.2, -0.15) is 0 Å². The Labute approximate surface area is 58.7 Å². The summed E-state index contributed by atoms with van der Waals surface area (Å²) in [7, 11) is -1.09. The smallest absolute Gasteiger partial charge is 0.369 e. The number of hydrogen-bond donors (Lipinski definition) is 0. The highest BCUT2D eigenvalue weighted by atomic mass is 31.1. The van der Waals surface area contributed by atoms with Gasteiger partial charge >= 0.3 is 8.25 Å². The van der Waals surface area contributed by atoms with Crippen molar-refractivity contribution in [3.63, 3.8) is 0 Å². The van der Waals surface area contributed by atoms with Gasteiger partial charge in [0, 0.05) is 13.2 Å². The SMILES string of the molecule is CO[PH](=O)Oc1ccco1. The van der Waals surface area contributed by atoms with E-state index in [4.69, 9.17) is 4.42 Å². The van der Waals surface area contributed by atoms with Gasteiger partial charge in [-0.1, -0.05) is 0 Å². The average molecular weight is 162 g/mol. The maximum Gasteiger partial charge on any atom is 0.369 e. The van der Waals surface area contributed by atoms with E-state index >= 15 is 0 Å². The van der Waals surface area contributed by atoms with Crippen LogP contribution < -0.4 is 4.52 Å². The van der Waals surface area contributed by atoms with Crippen molar-refractivity contribution in [1.29, 1.82) is 0 Å². The lowest BCUT2D eigenvalue weighted by Crippen LogP contribution is -1.78. The molecule has 4 nitrogen and oxygen atoms in total. The normalized spacial score (nSPS) is 12.9. The fraction of sp³-hybridized carbons (Fsp3) is 0.200. The molecule has 1 rings (SSSR count). The Morgan fingerprint density at radius 2 is 2.50 bits per heavy atom. The summed E-state index contributed by atoms with van der Waals surface area (Å²) in [4.78, 5) is 0. The summed E-state index contributed by atoms with van der Waals surface area (Å²) in [5.41, 5.74) is 0. The lowest BCUT2D eigenvalue weighted by Gasteiger charge is -1.97. The van der Waals surface area contributed by atoms with Crippen LogP contribution in [0.25, 0.3) is 0 Å². The molecule has 0 saturated heterocycles. The average Bonchev–Trinajstić information content (AvgIpc) is 2.40. The van der Waals surface area contributed by atoms with E-state index in [9.17, 15) is 4.57 Å². The molecular weight excluding hydrogens is 155 g/mol. The third-order valence-corrected chi connectivity index (χ3v) is 1.55. The van der Waals surface area contributed by atoms with Gasteiger partial charge in [0.25, 0.3) is 5.95 Å². The highest BCUT2D eigenvalue weighted by Gasteiger charge is 1.99. The molecule has 1 aromatic rings. The van der Waals surface area contributed by atoms with E-state index in [0.29, 0.717) is 0 Å². The summed E-state index contributed by atoms with van der Waals surface area (Å²) in [5, 5.41) is 0. The maximum atomic E-state index is 10.6. The summed E-state index contributed by atoms with van der Waals surface area (Å²) in [6.45, 7) is 0. The number of hydrogen-bond acceptors (Lipinski definition) is 4. The lowest BCUT2D eigenvalue weighted by atomic mass is 10.7. The van der Waals surface area contributed by atoms with Crippen molar-refractivity contribution < 1.29 is 18.0 Å². The van der Waals surface area contributed by atoms with Crippen LogP contribution in [0.4, 0.5) is 0 Å². The largest absolute Gasteiger partial charge is 0.434 e. The van der Waals surface area contributed by atoms with E-state index in [1.807, 2.05) is 0 Å². The molecule has 0 N–H and O–H groups in total. The van der Waals surface area contributed by atoms with E-state index < -0.39 is 8.25 Å². The van der Waals surface area contributed by atoms with Gasteiger partial charge < -0.3 is 13.5 Å². The third kappa shape index (κ3) is 1.90. The van der Waals surface area contributed by atoms with Crippen molar-refractivity contribution in [1.82, 2.24) is 0 Å². The molecule has 0 amide bonds. The second kappa shape index (κ2) is 3.44. The first-order chi connectivity index (χ1) is 4.83. The van der Waals surface area contributed by atoms with Crippen molar-refractivity contribution >= 4 is 8.25 Å². The molecule has 0 fully saturated rings. The molecule has 1 atom stereocenters. The lowest BCUT2D eigenvalue weighted by molar-refractivity contribution is 0.313. The van der Waals surface area contributed by atoms with Gasteiger partial charge in [-0.15, -0.1) is 0 Å². The van der Waals surface area contributed by atoms with Gasteiger partial charge in [-0.25, -0.2) is 4.57 Å². The Kier molecular flexibility index (Phi) is 2.54. The Bertz CT molecular complexity index is 205. The van der Waals surface area contributed by atoms with E-state index in [-0.39, 0.29) is 5.95 Å². The molecule has 1 heterocycles. The summed E-state index contributed by atoms with van der Waals surface area (Å²) in [6.07, 6.45) is 1.43. The minimum Gasteiger partial charge on any atom is -0.434 e. The van der Waals surface area contributed by atoms with Crippen LogP contribution in [-0.4, -0.2) is 7.11 Å². The zero-order valence-electron chi connectivity index (χ0n) is 5.37. The molecule has 56 valence electrons. The molecule has 1 aromatic heterocycles. The summed E-state index contributed by atoms with van der Waals surface area (Å²) >= 11 is 0. The van der Waals surface area contributed by atoms with Crippen LogP contribution in [-0.2, 0) is 9.09 Å². The first kappa shape index (κ1) is 7.38. The topological polar surface area (TPSA) is 48.7 Å². The van der Waals surface area contributed by atoms with Gasteiger partial charge in [-0.3, -0.25) is 0 Å². The minimum atomic E-state index is -2.40. The molecule has 0 radical (unpaired) electrons. The summed E-state index contributed by atoms with van der Waals surface area (Å²) in [6, 6.07) is 3.20. The maximum absolute atomic E-state index is 10.6. The molecule has 10 heavy (non-hydrogen) atoms. The van der Waals surface area contributed by atoms with Gasteiger partial charge in [0.05, 0.1) is 6.26 Å². The van der Waals surface area contributed by atoms with Crippen molar-refractivity contribution in [3.8, 4) is 5.95 Å². The highest BCUT2D eigenvalue weighted by Crippen LogP contribution is 2.26. The number of rotatable bonds is 3. The Hall–Kier alpha value is -0.730. The standard InChI is InChI=1S/C5H7O4P/c1-7-10(6)9-5-3-2-4-8-5/h2-4,10H,1H3. The zero-order valence-corrected chi connectivity index (χ0v) is 6.37. The first-order valence-corrected chi connectivity index (χ1v) is 3.84. The van der Waals surface area contributed by atoms with Crippen molar-refractivity contribution in [2.24, 2.45) is 0 Å². The van der Waals surface area contributed by atoms with Crippen LogP contribution in [0.2, 0.25) is 0 Å². The molecule has 0 aromatic carbocycles. The van der Waals surface area contributed by atoms with Gasteiger partial charge in [0.2, 0.25) is 0 Å². The van der Waals surface area contributed by atoms with E-state index in [0.717, 1.165) is 0 Å². The Morgan fingerprint density at radius 3 is 3.00 bits per heavy atom. The van der Waals surface area contributed by atoms with Crippen LogP contribution in [0.1, 0.15) is 0 Å². The van der Waals surface area contributed by atoms with Crippen LogP contribution >= 0.6 is 8.25 Å². The molecule has 0 bridgehead atoms. The highest BCUT2D eigenvalue weighted by molar-refractivity contribution is 7.33. The molecule has 0 saturated carbocycles. The van der Waals surface area contributed by atoms with Crippen molar-refractivity contribution in [2.75, 3.05) is 7.11 Å².